The molecule has 0 aromatic carbocycles. The molecule has 1 N–H and O–H groups in total. The fraction of sp³-hybridized carbons (Fsp3) is 0.333. The first kappa shape index (κ1) is 15.2. The lowest BCUT2D eigenvalue weighted by Crippen LogP contribution is -2.35. The zero-order valence-corrected chi connectivity index (χ0v) is 14.4. The summed E-state index contributed by atoms with van der Waals surface area (Å²) in [6.45, 7) is 3.69. The van der Waals surface area contributed by atoms with E-state index in [1.165, 1.54) is 16.9 Å². The van der Waals surface area contributed by atoms with Crippen molar-refractivity contribution < 1.29 is 9.59 Å². The maximum Gasteiger partial charge on any atom is 0.289 e. The van der Waals surface area contributed by atoms with E-state index < -0.39 is 0 Å². The van der Waals surface area contributed by atoms with Gasteiger partial charge in [0.15, 0.2) is 0 Å². The summed E-state index contributed by atoms with van der Waals surface area (Å²) in [6.07, 6.45) is 8.59. The quantitative estimate of drug-likeness (QED) is 0.855. The molecule has 6 heteroatoms. The molecule has 1 aromatic rings. The Morgan fingerprint density at radius 2 is 2.21 bits per heavy atom. The molecule has 2 heterocycles. The number of nitrogens with zero attached hydrogens (tertiary/aromatic N) is 2. The number of aromatic nitrogens is 1. The summed E-state index contributed by atoms with van der Waals surface area (Å²) in [5.41, 5.74) is 4.27. The minimum atomic E-state index is -0.282. The number of hydrogen-bond donors (Lipinski definition) is 1. The molecule has 0 saturated carbocycles. The number of fused-ring (bicyclic) bond motifs is 2. The first-order valence-corrected chi connectivity index (χ1v) is 8.84. The summed E-state index contributed by atoms with van der Waals surface area (Å²) in [7, 11) is 0. The molecule has 1 aromatic heterocycles. The Labute approximate surface area is 143 Å². The Morgan fingerprint density at radius 3 is 2.96 bits per heavy atom. The van der Waals surface area contributed by atoms with Crippen LogP contribution in [-0.4, -0.2) is 22.5 Å². The number of hydrogen-bond acceptors (Lipinski definition) is 4. The van der Waals surface area contributed by atoms with Crippen molar-refractivity contribution in [1.82, 2.24) is 10.3 Å². The maximum atomic E-state index is 12.4. The van der Waals surface area contributed by atoms with Crippen molar-refractivity contribution >= 4 is 28.9 Å². The van der Waals surface area contributed by atoms with Crippen LogP contribution in [0.25, 0.3) is 0 Å². The Hall–Kier alpha value is -2.34. The molecule has 4 rings (SSSR count). The van der Waals surface area contributed by atoms with Gasteiger partial charge >= 0.3 is 0 Å². The van der Waals surface area contributed by atoms with Gasteiger partial charge in [0, 0.05) is 17.2 Å². The van der Waals surface area contributed by atoms with Crippen LogP contribution in [0.1, 0.15) is 39.6 Å². The van der Waals surface area contributed by atoms with Crippen LogP contribution in [0.4, 0.5) is 0 Å². The highest BCUT2D eigenvalue weighted by Crippen LogP contribution is 2.39. The molecule has 1 aliphatic heterocycles. The first-order chi connectivity index (χ1) is 11.5. The molecule has 0 saturated heterocycles. The fourth-order valence-electron chi connectivity index (χ4n) is 3.56. The molecule has 122 valence electrons. The third kappa shape index (κ3) is 2.47. The largest absolute Gasteiger partial charge is 0.325 e. The summed E-state index contributed by atoms with van der Waals surface area (Å²) < 4.78 is 0. The van der Waals surface area contributed by atoms with E-state index in [4.69, 9.17) is 0 Å². The van der Waals surface area contributed by atoms with Crippen molar-refractivity contribution in [3.63, 3.8) is 0 Å². The van der Waals surface area contributed by atoms with E-state index in [0.717, 1.165) is 35.5 Å². The molecule has 2 amide bonds. The van der Waals surface area contributed by atoms with Crippen molar-refractivity contribution in [2.75, 3.05) is 0 Å². The molecule has 1 atom stereocenters. The highest BCUT2D eigenvalue weighted by molar-refractivity contribution is 7.13. The highest BCUT2D eigenvalue weighted by Gasteiger charge is 2.34. The summed E-state index contributed by atoms with van der Waals surface area (Å²) in [5.74, 6) is -0.155. The third-order valence-corrected chi connectivity index (χ3v) is 5.66. The number of aliphatic imine (C=N–C) groups is 1. The van der Waals surface area contributed by atoms with Crippen molar-refractivity contribution in [1.29, 1.82) is 0 Å². The van der Waals surface area contributed by atoms with Crippen LogP contribution in [0.5, 0.6) is 0 Å². The highest BCUT2D eigenvalue weighted by atomic mass is 32.1. The molecular weight excluding hydrogens is 322 g/mol. The maximum absolute atomic E-state index is 12.4. The third-order valence-electron chi connectivity index (χ3n) is 4.59. The van der Waals surface area contributed by atoms with Crippen LogP contribution in [0.3, 0.4) is 0 Å². The van der Waals surface area contributed by atoms with Crippen LogP contribution in [-0.2, 0) is 4.79 Å². The molecule has 24 heavy (non-hydrogen) atoms. The number of allylic oxidation sites excluding steroid dienone is 3. The zero-order valence-electron chi connectivity index (χ0n) is 13.5. The van der Waals surface area contributed by atoms with E-state index in [0.29, 0.717) is 16.3 Å². The monoisotopic (exact) mass is 339 g/mol. The fourth-order valence-corrected chi connectivity index (χ4v) is 4.36. The molecule has 3 aliphatic rings. The van der Waals surface area contributed by atoms with Gasteiger partial charge in [-0.2, -0.15) is 0 Å². The minimum Gasteiger partial charge on any atom is -0.325 e. The minimum absolute atomic E-state index is 0.0000902. The molecule has 0 radical (unpaired) electrons. The van der Waals surface area contributed by atoms with Crippen LogP contribution >= 0.6 is 11.3 Å². The number of aryl methyl sites for hydroxylation is 2. The Kier molecular flexibility index (Phi) is 3.57. The molecular formula is C18H17N3O2S. The van der Waals surface area contributed by atoms with Crippen molar-refractivity contribution in [3.05, 3.63) is 50.7 Å². The van der Waals surface area contributed by atoms with Crippen LogP contribution in [0.2, 0.25) is 0 Å². The second-order valence-corrected chi connectivity index (χ2v) is 7.44. The Bertz CT molecular complexity index is 886. The van der Waals surface area contributed by atoms with Gasteiger partial charge in [0.1, 0.15) is 4.88 Å². The number of amides is 2. The number of thiazole rings is 1. The van der Waals surface area contributed by atoms with E-state index in [-0.39, 0.29) is 17.7 Å². The summed E-state index contributed by atoms with van der Waals surface area (Å²) in [6, 6.07) is 0. The zero-order chi connectivity index (χ0) is 16.8. The van der Waals surface area contributed by atoms with Gasteiger partial charge in [-0.05, 0) is 50.8 Å². The lowest BCUT2D eigenvalue weighted by Gasteiger charge is -2.28. The molecule has 1 unspecified atom stereocenters. The van der Waals surface area contributed by atoms with Crippen molar-refractivity contribution in [2.24, 2.45) is 10.9 Å². The average Bonchev–Trinajstić information content (AvgIpc) is 3.14. The van der Waals surface area contributed by atoms with Gasteiger partial charge in [0.05, 0.1) is 16.4 Å². The van der Waals surface area contributed by atoms with Gasteiger partial charge in [-0.1, -0.05) is 6.08 Å². The second-order valence-electron chi connectivity index (χ2n) is 6.24. The number of nitrogens with one attached hydrogen (secondary N) is 1. The number of carbonyl (C=O) groups is 2. The van der Waals surface area contributed by atoms with E-state index in [2.05, 4.69) is 15.3 Å². The summed E-state index contributed by atoms with van der Waals surface area (Å²) in [4.78, 5) is 33.6. The normalized spacial score (nSPS) is 23.9. The first-order valence-electron chi connectivity index (χ1n) is 8.03. The lowest BCUT2D eigenvalue weighted by molar-refractivity contribution is -0.117. The van der Waals surface area contributed by atoms with Gasteiger partial charge in [-0.15, -0.1) is 11.3 Å². The Balaban J connectivity index is 1.64. The van der Waals surface area contributed by atoms with E-state index >= 15 is 0 Å². The molecule has 5 nitrogen and oxygen atoms in total. The number of rotatable bonds is 1. The second kappa shape index (κ2) is 5.63. The van der Waals surface area contributed by atoms with Gasteiger partial charge in [-0.3, -0.25) is 9.59 Å². The SMILES string of the molecule is Cc1nc(C)c(C(=O)N=C2C=CC3C(=C2)NC(=O)C2=C3CCC2)s1. The van der Waals surface area contributed by atoms with E-state index in [1.54, 1.807) is 0 Å². The Morgan fingerprint density at radius 1 is 1.38 bits per heavy atom. The van der Waals surface area contributed by atoms with Gasteiger partial charge in [0.25, 0.3) is 11.8 Å². The topological polar surface area (TPSA) is 71.4 Å². The van der Waals surface area contributed by atoms with E-state index in [1.807, 2.05) is 32.1 Å². The average molecular weight is 339 g/mol. The molecule has 2 aliphatic carbocycles. The summed E-state index contributed by atoms with van der Waals surface area (Å²) in [5, 5.41) is 3.81. The van der Waals surface area contributed by atoms with Crippen molar-refractivity contribution in [3.8, 4) is 0 Å². The van der Waals surface area contributed by atoms with Gasteiger partial charge in [-0.25, -0.2) is 9.98 Å². The van der Waals surface area contributed by atoms with Crippen LogP contribution < -0.4 is 5.32 Å². The molecule has 0 bridgehead atoms. The number of carbonyl (C=O) groups excluding carboxylic acids is 2. The lowest BCUT2D eigenvalue weighted by atomic mass is 9.85. The smallest absolute Gasteiger partial charge is 0.289 e. The van der Waals surface area contributed by atoms with Crippen molar-refractivity contribution in [2.45, 2.75) is 33.1 Å². The van der Waals surface area contributed by atoms with Crippen LogP contribution in [0.15, 0.2) is 40.1 Å². The standard InChI is InChI=1S/C18H17N3O2S/c1-9-16(24-10(2)19-9)18(23)20-11-6-7-13-12-4-3-5-14(12)17(22)21-15(13)8-11/h6-8,13H,3-5H2,1-2H3,(H,21,22). The predicted octanol–water partition coefficient (Wildman–Crippen LogP) is 3.02. The predicted molar refractivity (Wildman–Crippen MR) is 93.1 cm³/mol. The summed E-state index contributed by atoms with van der Waals surface area (Å²) >= 11 is 1.36. The molecule has 0 fully saturated rings. The van der Waals surface area contributed by atoms with E-state index in [9.17, 15) is 9.59 Å². The van der Waals surface area contributed by atoms with Gasteiger partial charge < -0.3 is 5.32 Å². The van der Waals surface area contributed by atoms with Crippen LogP contribution in [0, 0.1) is 19.8 Å². The molecule has 0 spiro atoms. The van der Waals surface area contributed by atoms with Gasteiger partial charge in [0.2, 0.25) is 0 Å².